The van der Waals surface area contributed by atoms with Crippen LogP contribution in [0, 0.1) is 0 Å². The second kappa shape index (κ2) is 5.29. The maximum Gasteiger partial charge on any atom is 0.265 e. The normalized spacial score (nSPS) is 15.3. The first-order valence-corrected chi connectivity index (χ1v) is 5.22. The average molecular weight is 245 g/mol. The van der Waals surface area contributed by atoms with Crippen molar-refractivity contribution in [3.8, 4) is 11.5 Å². The first-order valence-electron chi connectivity index (χ1n) is 5.22. The summed E-state index contributed by atoms with van der Waals surface area (Å²) in [5, 5.41) is 11.6. The van der Waals surface area contributed by atoms with Gasteiger partial charge < -0.3 is 19.9 Å². The number of hydrogen-bond donors (Lipinski definition) is 2. The van der Waals surface area contributed by atoms with E-state index in [1.165, 1.54) is 0 Å². The molecule has 1 aromatic rings. The average Bonchev–Trinajstić information content (AvgIpc) is 2.75. The van der Waals surface area contributed by atoms with Gasteiger partial charge in [-0.05, 0) is 17.7 Å². The van der Waals surface area contributed by atoms with Crippen LogP contribution < -0.4 is 14.8 Å². The minimum absolute atomic E-state index is 0.147. The van der Waals surface area contributed by atoms with Gasteiger partial charge in [0.2, 0.25) is 6.79 Å². The van der Waals surface area contributed by atoms with E-state index < -0.39 is 12.5 Å². The molecule has 0 bridgehead atoms. The summed E-state index contributed by atoms with van der Waals surface area (Å²) in [7, 11) is 0. The lowest BCUT2D eigenvalue weighted by molar-refractivity contribution is -0.00340. The summed E-state index contributed by atoms with van der Waals surface area (Å²) in [5.41, 5.74) is 0.885. The van der Waals surface area contributed by atoms with Crippen molar-refractivity contribution in [1.82, 2.24) is 5.32 Å². The van der Waals surface area contributed by atoms with Crippen LogP contribution in [-0.4, -0.2) is 31.0 Å². The molecule has 17 heavy (non-hydrogen) atoms. The Labute approximate surface area is 97.2 Å². The Balaban J connectivity index is 1.83. The second-order valence-electron chi connectivity index (χ2n) is 3.72. The van der Waals surface area contributed by atoms with Gasteiger partial charge in [-0.1, -0.05) is 6.07 Å². The number of fused-ring (bicyclic) bond motifs is 1. The van der Waals surface area contributed by atoms with E-state index in [-0.39, 0.29) is 13.3 Å². The maximum atomic E-state index is 12.0. The van der Waals surface area contributed by atoms with Crippen LogP contribution in [0.3, 0.4) is 0 Å². The van der Waals surface area contributed by atoms with Gasteiger partial charge in [0.15, 0.2) is 11.5 Å². The van der Waals surface area contributed by atoms with Crippen molar-refractivity contribution in [2.45, 2.75) is 19.1 Å². The minimum Gasteiger partial charge on any atom is -0.454 e. The van der Waals surface area contributed by atoms with Gasteiger partial charge >= 0.3 is 0 Å². The molecule has 0 fully saturated rings. The Morgan fingerprint density at radius 3 is 2.82 bits per heavy atom. The molecule has 1 heterocycles. The van der Waals surface area contributed by atoms with Crippen molar-refractivity contribution in [3.63, 3.8) is 0 Å². The molecular weight excluding hydrogens is 232 g/mol. The molecule has 94 valence electrons. The molecule has 1 aliphatic heterocycles. The number of hydrogen-bond acceptors (Lipinski definition) is 4. The molecule has 1 atom stereocenters. The standard InChI is InChI=1S/C11H13F2NO3/c12-11(13)8(15)5-14-4-7-1-2-9-10(3-7)17-6-16-9/h1-3,8,11,14-15H,4-6H2. The Hall–Kier alpha value is -1.40. The molecule has 0 aliphatic carbocycles. The van der Waals surface area contributed by atoms with Crippen molar-refractivity contribution in [3.05, 3.63) is 23.8 Å². The van der Waals surface area contributed by atoms with Gasteiger partial charge in [0.05, 0.1) is 0 Å². The second-order valence-corrected chi connectivity index (χ2v) is 3.72. The van der Waals surface area contributed by atoms with E-state index in [2.05, 4.69) is 5.32 Å². The number of aliphatic hydroxyl groups is 1. The lowest BCUT2D eigenvalue weighted by atomic mass is 10.2. The molecule has 2 rings (SSSR count). The highest BCUT2D eigenvalue weighted by molar-refractivity contribution is 5.44. The molecule has 4 nitrogen and oxygen atoms in total. The van der Waals surface area contributed by atoms with Crippen molar-refractivity contribution in [1.29, 1.82) is 0 Å². The molecule has 1 aromatic carbocycles. The van der Waals surface area contributed by atoms with Crippen LogP contribution in [0.5, 0.6) is 11.5 Å². The summed E-state index contributed by atoms with van der Waals surface area (Å²) < 4.78 is 34.3. The lowest BCUT2D eigenvalue weighted by Crippen LogP contribution is -2.31. The fourth-order valence-electron chi connectivity index (χ4n) is 1.50. The quantitative estimate of drug-likeness (QED) is 0.816. The van der Waals surface area contributed by atoms with E-state index >= 15 is 0 Å². The third-order valence-electron chi connectivity index (χ3n) is 2.41. The maximum absolute atomic E-state index is 12.0. The summed E-state index contributed by atoms with van der Waals surface area (Å²) in [6.45, 7) is 0.447. The van der Waals surface area contributed by atoms with Gasteiger partial charge in [-0.2, -0.15) is 0 Å². The molecule has 1 aliphatic rings. The zero-order valence-electron chi connectivity index (χ0n) is 9.03. The highest BCUT2D eigenvalue weighted by atomic mass is 19.3. The van der Waals surface area contributed by atoms with Gasteiger partial charge in [-0.25, -0.2) is 8.78 Å². The first-order chi connectivity index (χ1) is 8.16. The van der Waals surface area contributed by atoms with E-state index in [9.17, 15) is 8.78 Å². The number of alkyl halides is 2. The van der Waals surface area contributed by atoms with Gasteiger partial charge in [-0.15, -0.1) is 0 Å². The number of halogens is 2. The Morgan fingerprint density at radius 1 is 1.29 bits per heavy atom. The monoisotopic (exact) mass is 245 g/mol. The Morgan fingerprint density at radius 2 is 2.06 bits per heavy atom. The summed E-state index contributed by atoms with van der Waals surface area (Å²) in [5.74, 6) is 1.33. The van der Waals surface area contributed by atoms with Crippen LogP contribution in [0.25, 0.3) is 0 Å². The summed E-state index contributed by atoms with van der Waals surface area (Å²) in [6, 6.07) is 5.36. The highest BCUT2D eigenvalue weighted by Crippen LogP contribution is 2.32. The number of benzene rings is 1. The van der Waals surface area contributed by atoms with Crippen LogP contribution in [0.15, 0.2) is 18.2 Å². The molecular formula is C11H13F2NO3. The van der Waals surface area contributed by atoms with E-state index in [1.807, 2.05) is 6.07 Å². The third-order valence-corrected chi connectivity index (χ3v) is 2.41. The number of rotatable bonds is 5. The van der Waals surface area contributed by atoms with Crippen LogP contribution in [-0.2, 0) is 6.54 Å². The zero-order valence-corrected chi connectivity index (χ0v) is 9.03. The molecule has 1 unspecified atom stereocenters. The lowest BCUT2D eigenvalue weighted by Gasteiger charge is -2.10. The predicted molar refractivity (Wildman–Crippen MR) is 56.3 cm³/mol. The Bertz CT molecular complexity index is 387. The van der Waals surface area contributed by atoms with E-state index in [1.54, 1.807) is 12.1 Å². The van der Waals surface area contributed by atoms with Gasteiger partial charge in [-0.3, -0.25) is 0 Å². The van der Waals surface area contributed by atoms with Crippen LogP contribution >= 0.6 is 0 Å². The van der Waals surface area contributed by atoms with Crippen LogP contribution in [0.2, 0.25) is 0 Å². The van der Waals surface area contributed by atoms with Crippen molar-refractivity contribution >= 4 is 0 Å². The van der Waals surface area contributed by atoms with Crippen molar-refractivity contribution < 1.29 is 23.4 Å². The molecule has 6 heteroatoms. The fourth-order valence-corrected chi connectivity index (χ4v) is 1.50. The van der Waals surface area contributed by atoms with E-state index in [0.29, 0.717) is 18.0 Å². The topological polar surface area (TPSA) is 50.7 Å². The largest absolute Gasteiger partial charge is 0.454 e. The SMILES string of the molecule is OC(CNCc1ccc2c(c1)OCO2)C(F)F. The van der Waals surface area contributed by atoms with Gasteiger partial charge in [0.25, 0.3) is 6.43 Å². The molecule has 0 amide bonds. The van der Waals surface area contributed by atoms with Crippen LogP contribution in [0.4, 0.5) is 8.78 Å². The van der Waals surface area contributed by atoms with Crippen molar-refractivity contribution in [2.75, 3.05) is 13.3 Å². The van der Waals surface area contributed by atoms with Gasteiger partial charge in [0.1, 0.15) is 6.10 Å². The third kappa shape index (κ3) is 3.04. The highest BCUT2D eigenvalue weighted by Gasteiger charge is 2.16. The van der Waals surface area contributed by atoms with Crippen molar-refractivity contribution in [2.24, 2.45) is 0 Å². The molecule has 0 saturated carbocycles. The fraction of sp³-hybridized carbons (Fsp3) is 0.455. The molecule has 0 saturated heterocycles. The first kappa shape index (κ1) is 12.1. The zero-order chi connectivity index (χ0) is 12.3. The van der Waals surface area contributed by atoms with E-state index in [0.717, 1.165) is 5.56 Å². The number of nitrogens with one attached hydrogen (secondary N) is 1. The molecule has 2 N–H and O–H groups in total. The smallest absolute Gasteiger partial charge is 0.265 e. The molecule has 0 aromatic heterocycles. The van der Waals surface area contributed by atoms with Gasteiger partial charge in [0, 0.05) is 13.1 Å². The molecule has 0 spiro atoms. The molecule has 0 radical (unpaired) electrons. The van der Waals surface area contributed by atoms with Crippen LogP contribution in [0.1, 0.15) is 5.56 Å². The number of ether oxygens (including phenoxy) is 2. The number of aliphatic hydroxyl groups excluding tert-OH is 1. The minimum atomic E-state index is -2.72. The summed E-state index contributed by atoms with van der Waals surface area (Å²) >= 11 is 0. The summed E-state index contributed by atoms with van der Waals surface area (Å²) in [4.78, 5) is 0. The predicted octanol–water partition coefficient (Wildman–Crippen LogP) is 1.13. The van der Waals surface area contributed by atoms with E-state index in [4.69, 9.17) is 14.6 Å². The Kier molecular flexibility index (Phi) is 3.75. The summed E-state index contributed by atoms with van der Waals surface area (Å²) in [6.07, 6.45) is -4.36.